The van der Waals surface area contributed by atoms with E-state index in [9.17, 15) is 0 Å². The van der Waals surface area contributed by atoms with Crippen LogP contribution < -0.4 is 4.90 Å². The Morgan fingerprint density at radius 1 is 1.32 bits per heavy atom. The van der Waals surface area contributed by atoms with E-state index in [0.29, 0.717) is 5.15 Å². The Bertz CT molecular complexity index is 470. The van der Waals surface area contributed by atoms with Gasteiger partial charge in [0.1, 0.15) is 16.8 Å². The average molecular weight is 284 g/mol. The second-order valence-corrected chi connectivity index (χ2v) is 6.52. The van der Waals surface area contributed by atoms with Gasteiger partial charge in [-0.15, -0.1) is 0 Å². The van der Waals surface area contributed by atoms with Crippen molar-refractivity contribution in [1.82, 2.24) is 9.97 Å². The van der Waals surface area contributed by atoms with Gasteiger partial charge in [-0.1, -0.05) is 32.4 Å². The highest BCUT2D eigenvalue weighted by Crippen LogP contribution is 2.29. The lowest BCUT2D eigenvalue weighted by atomic mass is 9.95. The SMILES string of the molecule is Cc1c(Cl)nc(C(C)(C)C)nc1N1CCOC(C)C1. The van der Waals surface area contributed by atoms with Crippen LogP contribution in [0.3, 0.4) is 0 Å². The summed E-state index contributed by atoms with van der Waals surface area (Å²) in [5.74, 6) is 1.73. The second kappa shape index (κ2) is 5.25. The summed E-state index contributed by atoms with van der Waals surface area (Å²) in [4.78, 5) is 11.4. The molecule has 0 spiro atoms. The fraction of sp³-hybridized carbons (Fsp3) is 0.714. The minimum atomic E-state index is -0.107. The molecule has 0 amide bonds. The molecule has 0 aliphatic carbocycles. The number of ether oxygens (including phenoxy) is 1. The first-order chi connectivity index (χ1) is 8.79. The van der Waals surface area contributed by atoms with Crippen LogP contribution in [-0.2, 0) is 10.2 Å². The zero-order valence-corrected chi connectivity index (χ0v) is 13.1. The topological polar surface area (TPSA) is 38.2 Å². The molecule has 4 nitrogen and oxygen atoms in total. The first-order valence-corrected chi connectivity index (χ1v) is 7.08. The maximum atomic E-state index is 6.27. The Morgan fingerprint density at radius 2 is 2.00 bits per heavy atom. The van der Waals surface area contributed by atoms with Crippen LogP contribution in [-0.4, -0.2) is 35.8 Å². The maximum absolute atomic E-state index is 6.27. The number of hydrogen-bond donors (Lipinski definition) is 0. The van der Waals surface area contributed by atoms with Crippen molar-refractivity contribution in [2.24, 2.45) is 0 Å². The van der Waals surface area contributed by atoms with Crippen molar-refractivity contribution in [1.29, 1.82) is 0 Å². The molecule has 1 fully saturated rings. The van der Waals surface area contributed by atoms with E-state index in [4.69, 9.17) is 21.3 Å². The van der Waals surface area contributed by atoms with E-state index in [1.807, 2.05) is 6.92 Å². The minimum Gasteiger partial charge on any atom is -0.375 e. The summed E-state index contributed by atoms with van der Waals surface area (Å²) in [5, 5.41) is 0.550. The van der Waals surface area contributed by atoms with Gasteiger partial charge in [-0.25, -0.2) is 9.97 Å². The lowest BCUT2D eigenvalue weighted by molar-refractivity contribution is 0.0528. The van der Waals surface area contributed by atoms with Crippen molar-refractivity contribution in [2.45, 2.75) is 46.1 Å². The molecule has 2 rings (SSSR count). The Hall–Kier alpha value is -0.870. The molecule has 1 aliphatic rings. The zero-order valence-electron chi connectivity index (χ0n) is 12.3. The van der Waals surface area contributed by atoms with Gasteiger partial charge in [-0.2, -0.15) is 0 Å². The van der Waals surface area contributed by atoms with E-state index >= 15 is 0 Å². The van der Waals surface area contributed by atoms with E-state index in [-0.39, 0.29) is 11.5 Å². The van der Waals surface area contributed by atoms with Gasteiger partial charge in [0.2, 0.25) is 0 Å². The molecule has 1 saturated heterocycles. The van der Waals surface area contributed by atoms with Gasteiger partial charge in [-0.05, 0) is 13.8 Å². The van der Waals surface area contributed by atoms with Crippen LogP contribution in [0.2, 0.25) is 5.15 Å². The number of aromatic nitrogens is 2. The first kappa shape index (κ1) is 14.5. The van der Waals surface area contributed by atoms with Crippen LogP contribution in [0, 0.1) is 6.92 Å². The van der Waals surface area contributed by atoms with E-state index in [1.165, 1.54) is 0 Å². The maximum Gasteiger partial charge on any atom is 0.137 e. The van der Waals surface area contributed by atoms with E-state index in [1.54, 1.807) is 0 Å². The zero-order chi connectivity index (χ0) is 14.2. The fourth-order valence-corrected chi connectivity index (χ4v) is 2.30. The lowest BCUT2D eigenvalue weighted by Gasteiger charge is -2.33. The highest BCUT2D eigenvalue weighted by Gasteiger charge is 2.25. The molecule has 0 bridgehead atoms. The monoisotopic (exact) mass is 283 g/mol. The van der Waals surface area contributed by atoms with Crippen molar-refractivity contribution in [3.8, 4) is 0 Å². The molecule has 1 unspecified atom stereocenters. The van der Waals surface area contributed by atoms with Gasteiger partial charge < -0.3 is 9.64 Å². The number of morpholine rings is 1. The van der Waals surface area contributed by atoms with E-state index in [2.05, 4.69) is 37.6 Å². The average Bonchev–Trinajstić information content (AvgIpc) is 2.31. The Kier molecular flexibility index (Phi) is 4.02. The Balaban J connectivity index is 2.41. The van der Waals surface area contributed by atoms with E-state index < -0.39 is 0 Å². The van der Waals surface area contributed by atoms with Crippen LogP contribution in [0.5, 0.6) is 0 Å². The largest absolute Gasteiger partial charge is 0.375 e. The summed E-state index contributed by atoms with van der Waals surface area (Å²) in [7, 11) is 0. The number of rotatable bonds is 1. The van der Waals surface area contributed by atoms with Crippen molar-refractivity contribution >= 4 is 17.4 Å². The van der Waals surface area contributed by atoms with Gasteiger partial charge >= 0.3 is 0 Å². The quantitative estimate of drug-likeness (QED) is 0.743. The molecule has 1 aromatic heterocycles. The molecule has 0 aromatic carbocycles. The molecular formula is C14H22ClN3O. The molecule has 1 aliphatic heterocycles. The van der Waals surface area contributed by atoms with E-state index in [0.717, 1.165) is 36.9 Å². The van der Waals surface area contributed by atoms with Crippen molar-refractivity contribution in [3.63, 3.8) is 0 Å². The van der Waals surface area contributed by atoms with Gasteiger partial charge in [0, 0.05) is 24.1 Å². The molecular weight excluding hydrogens is 262 g/mol. The lowest BCUT2D eigenvalue weighted by Crippen LogP contribution is -2.42. The van der Waals surface area contributed by atoms with Crippen LogP contribution in [0.25, 0.3) is 0 Å². The first-order valence-electron chi connectivity index (χ1n) is 6.70. The van der Waals surface area contributed by atoms with Crippen LogP contribution in [0.4, 0.5) is 5.82 Å². The number of nitrogens with zero attached hydrogens (tertiary/aromatic N) is 3. The molecule has 19 heavy (non-hydrogen) atoms. The molecule has 2 heterocycles. The summed E-state index contributed by atoms with van der Waals surface area (Å²) in [5.41, 5.74) is 0.841. The third-order valence-electron chi connectivity index (χ3n) is 3.27. The summed E-state index contributed by atoms with van der Waals surface area (Å²) < 4.78 is 5.58. The van der Waals surface area contributed by atoms with Gasteiger partial charge in [0.25, 0.3) is 0 Å². The molecule has 106 valence electrons. The smallest absolute Gasteiger partial charge is 0.137 e. The standard InChI is InChI=1S/C14H22ClN3O/c1-9-8-18(6-7-19-9)12-10(2)11(15)16-13(17-12)14(3,4)5/h9H,6-8H2,1-5H3. The normalized spacial score (nSPS) is 20.7. The van der Waals surface area contributed by atoms with Gasteiger partial charge in [0.05, 0.1) is 12.7 Å². The highest BCUT2D eigenvalue weighted by molar-refractivity contribution is 6.30. The number of hydrogen-bond acceptors (Lipinski definition) is 4. The third-order valence-corrected chi connectivity index (χ3v) is 3.64. The summed E-state index contributed by atoms with van der Waals surface area (Å²) in [6.07, 6.45) is 0.222. The van der Waals surface area contributed by atoms with Crippen LogP contribution in [0.15, 0.2) is 0 Å². The molecule has 0 radical (unpaired) electrons. The summed E-state index contributed by atoms with van der Waals surface area (Å²) in [6.45, 7) is 12.8. The third kappa shape index (κ3) is 3.18. The predicted molar refractivity (Wildman–Crippen MR) is 78.1 cm³/mol. The van der Waals surface area contributed by atoms with Crippen LogP contribution in [0.1, 0.15) is 39.1 Å². The summed E-state index contributed by atoms with van der Waals surface area (Å²) in [6, 6.07) is 0. The molecule has 5 heteroatoms. The second-order valence-electron chi connectivity index (χ2n) is 6.16. The fourth-order valence-electron chi connectivity index (χ4n) is 2.13. The predicted octanol–water partition coefficient (Wildman–Crippen LogP) is 2.96. The number of halogens is 1. The summed E-state index contributed by atoms with van der Waals surface area (Å²) >= 11 is 6.27. The molecule has 0 N–H and O–H groups in total. The van der Waals surface area contributed by atoms with Crippen molar-refractivity contribution in [3.05, 3.63) is 16.5 Å². The van der Waals surface area contributed by atoms with Gasteiger partial charge in [-0.3, -0.25) is 0 Å². The Labute approximate surface area is 120 Å². The molecule has 0 saturated carbocycles. The van der Waals surface area contributed by atoms with Gasteiger partial charge in [0.15, 0.2) is 0 Å². The minimum absolute atomic E-state index is 0.107. The molecule has 1 aromatic rings. The number of anilines is 1. The van der Waals surface area contributed by atoms with Crippen LogP contribution >= 0.6 is 11.6 Å². The van der Waals surface area contributed by atoms with Crippen molar-refractivity contribution in [2.75, 3.05) is 24.6 Å². The Morgan fingerprint density at radius 3 is 2.58 bits per heavy atom. The highest BCUT2D eigenvalue weighted by atomic mass is 35.5. The van der Waals surface area contributed by atoms with Crippen molar-refractivity contribution < 1.29 is 4.74 Å². The molecule has 1 atom stereocenters.